The largest absolute Gasteiger partial charge is 0.457 e. The summed E-state index contributed by atoms with van der Waals surface area (Å²) in [6, 6.07) is 14.8. The van der Waals surface area contributed by atoms with Gasteiger partial charge in [0.1, 0.15) is 23.2 Å². The number of nitrogens with one attached hydrogen (secondary N) is 1. The van der Waals surface area contributed by atoms with E-state index in [2.05, 4.69) is 5.32 Å². The van der Waals surface area contributed by atoms with Gasteiger partial charge < -0.3 is 9.73 Å². The minimum atomic E-state index is -0.607. The maximum atomic E-state index is 12.4. The first-order chi connectivity index (χ1) is 13.4. The Balaban J connectivity index is 1.82. The standard InChI is InChI=1S/C20H10Cl4N2O2/c21-13-5-11(6-14(22)8-13)19-4-2-16(28-19)7-12(10-25)20(27)26-15-1-3-17(23)18(24)9-15/h1-9H,(H,26,27)/b12-7+. The molecule has 0 fully saturated rings. The molecule has 0 atom stereocenters. The van der Waals surface area contributed by atoms with Crippen molar-refractivity contribution in [3.63, 3.8) is 0 Å². The van der Waals surface area contributed by atoms with Gasteiger partial charge in [0.05, 0.1) is 10.0 Å². The average Bonchev–Trinajstić information content (AvgIpc) is 3.10. The van der Waals surface area contributed by atoms with Gasteiger partial charge in [-0.05, 0) is 48.5 Å². The Morgan fingerprint density at radius 1 is 0.964 bits per heavy atom. The number of furan rings is 1. The molecule has 1 amide bonds. The Morgan fingerprint density at radius 3 is 2.32 bits per heavy atom. The van der Waals surface area contributed by atoms with Crippen molar-refractivity contribution in [1.82, 2.24) is 0 Å². The van der Waals surface area contributed by atoms with E-state index in [1.807, 2.05) is 6.07 Å². The van der Waals surface area contributed by atoms with Gasteiger partial charge in [0.25, 0.3) is 5.91 Å². The van der Waals surface area contributed by atoms with Crippen molar-refractivity contribution >= 4 is 64.1 Å². The summed E-state index contributed by atoms with van der Waals surface area (Å²) in [4.78, 5) is 12.4. The third-order valence-corrected chi connectivity index (χ3v) is 4.78. The molecule has 140 valence electrons. The Hall–Kier alpha value is -2.42. The van der Waals surface area contributed by atoms with Gasteiger partial charge in [-0.1, -0.05) is 46.4 Å². The number of nitrogens with zero attached hydrogens (tertiary/aromatic N) is 1. The summed E-state index contributed by atoms with van der Waals surface area (Å²) in [5.74, 6) is 0.217. The molecule has 0 aliphatic rings. The van der Waals surface area contributed by atoms with Gasteiger partial charge in [-0.25, -0.2) is 0 Å². The summed E-state index contributed by atoms with van der Waals surface area (Å²) in [7, 11) is 0. The van der Waals surface area contributed by atoms with Crippen molar-refractivity contribution in [3.05, 3.63) is 80.0 Å². The highest BCUT2D eigenvalue weighted by molar-refractivity contribution is 6.42. The first-order valence-corrected chi connectivity index (χ1v) is 9.31. The molecule has 4 nitrogen and oxygen atoms in total. The predicted octanol–water partition coefficient (Wildman–Crippen LogP) is 7.11. The fraction of sp³-hybridized carbons (Fsp3) is 0. The van der Waals surface area contributed by atoms with Crippen molar-refractivity contribution in [3.8, 4) is 17.4 Å². The number of nitriles is 1. The molecule has 1 aromatic heterocycles. The zero-order valence-corrected chi connectivity index (χ0v) is 17.0. The number of carbonyl (C=O) groups is 1. The fourth-order valence-electron chi connectivity index (χ4n) is 2.34. The van der Waals surface area contributed by atoms with E-state index >= 15 is 0 Å². The molecule has 0 bridgehead atoms. The number of benzene rings is 2. The van der Waals surface area contributed by atoms with Crippen LogP contribution in [0.2, 0.25) is 20.1 Å². The molecule has 0 unspecified atom stereocenters. The minimum absolute atomic E-state index is 0.143. The number of halogens is 4. The third-order valence-electron chi connectivity index (χ3n) is 3.60. The van der Waals surface area contributed by atoms with Crippen molar-refractivity contribution in [2.24, 2.45) is 0 Å². The van der Waals surface area contributed by atoms with Crippen LogP contribution in [0.1, 0.15) is 5.76 Å². The number of carbonyl (C=O) groups excluding carboxylic acids is 1. The Kier molecular flexibility index (Phi) is 6.33. The molecule has 0 saturated heterocycles. The van der Waals surface area contributed by atoms with Crippen LogP contribution in [-0.2, 0) is 4.79 Å². The molecule has 0 saturated carbocycles. The molecule has 1 heterocycles. The van der Waals surface area contributed by atoms with Gasteiger partial charge in [0, 0.05) is 27.4 Å². The van der Waals surface area contributed by atoms with Gasteiger partial charge in [0.2, 0.25) is 0 Å². The quantitative estimate of drug-likeness (QED) is 0.339. The second-order valence-corrected chi connectivity index (χ2v) is 7.30. The molecule has 0 aliphatic heterocycles. The molecule has 2 aromatic carbocycles. The van der Waals surface area contributed by atoms with Gasteiger partial charge in [-0.2, -0.15) is 5.26 Å². The van der Waals surface area contributed by atoms with Crippen molar-refractivity contribution in [1.29, 1.82) is 5.26 Å². The minimum Gasteiger partial charge on any atom is -0.457 e. The Bertz CT molecular complexity index is 1110. The van der Waals surface area contributed by atoms with E-state index in [4.69, 9.17) is 50.8 Å². The zero-order chi connectivity index (χ0) is 20.3. The molecule has 0 radical (unpaired) electrons. The summed E-state index contributed by atoms with van der Waals surface area (Å²) < 4.78 is 5.68. The SMILES string of the molecule is N#C/C(=C\c1ccc(-c2cc(Cl)cc(Cl)c2)o1)C(=O)Nc1ccc(Cl)c(Cl)c1. The van der Waals surface area contributed by atoms with E-state index in [9.17, 15) is 10.1 Å². The lowest BCUT2D eigenvalue weighted by Gasteiger charge is -2.05. The number of rotatable bonds is 4. The first-order valence-electron chi connectivity index (χ1n) is 7.80. The molecular formula is C20H10Cl4N2O2. The normalized spacial score (nSPS) is 11.2. The van der Waals surface area contributed by atoms with Crippen molar-refractivity contribution < 1.29 is 9.21 Å². The lowest BCUT2D eigenvalue weighted by molar-refractivity contribution is -0.112. The van der Waals surface area contributed by atoms with Gasteiger partial charge >= 0.3 is 0 Å². The van der Waals surface area contributed by atoms with Crippen LogP contribution in [0, 0.1) is 11.3 Å². The number of hydrogen-bond acceptors (Lipinski definition) is 3. The van der Waals surface area contributed by atoms with E-state index in [-0.39, 0.29) is 10.6 Å². The maximum absolute atomic E-state index is 12.4. The molecule has 0 spiro atoms. The van der Waals surface area contributed by atoms with Crippen LogP contribution >= 0.6 is 46.4 Å². The van der Waals surface area contributed by atoms with Crippen LogP contribution in [0.25, 0.3) is 17.4 Å². The van der Waals surface area contributed by atoms with Crippen molar-refractivity contribution in [2.75, 3.05) is 5.32 Å². The van der Waals surface area contributed by atoms with Crippen LogP contribution in [0.5, 0.6) is 0 Å². The van der Waals surface area contributed by atoms with Crippen LogP contribution in [0.3, 0.4) is 0 Å². The molecule has 1 N–H and O–H groups in total. The fourth-order valence-corrected chi connectivity index (χ4v) is 3.17. The summed E-state index contributed by atoms with van der Waals surface area (Å²) >= 11 is 23.8. The third kappa shape index (κ3) is 4.89. The molecule has 0 aliphatic carbocycles. The monoisotopic (exact) mass is 450 g/mol. The number of amides is 1. The summed E-state index contributed by atoms with van der Waals surface area (Å²) in [6.45, 7) is 0. The predicted molar refractivity (Wildman–Crippen MR) is 113 cm³/mol. The molecule has 28 heavy (non-hydrogen) atoms. The molecule has 8 heteroatoms. The van der Waals surface area contributed by atoms with E-state index in [0.717, 1.165) is 0 Å². The second kappa shape index (κ2) is 8.72. The topological polar surface area (TPSA) is 66.0 Å². The van der Waals surface area contributed by atoms with Crippen LogP contribution in [-0.4, -0.2) is 5.91 Å². The van der Waals surface area contributed by atoms with E-state index in [1.54, 1.807) is 42.5 Å². The summed E-state index contributed by atoms with van der Waals surface area (Å²) in [6.07, 6.45) is 1.34. The second-order valence-electron chi connectivity index (χ2n) is 5.61. The lowest BCUT2D eigenvalue weighted by atomic mass is 10.2. The van der Waals surface area contributed by atoms with Gasteiger partial charge in [-0.3, -0.25) is 4.79 Å². The number of anilines is 1. The highest BCUT2D eigenvalue weighted by Crippen LogP contribution is 2.29. The average molecular weight is 452 g/mol. The smallest absolute Gasteiger partial charge is 0.266 e. The zero-order valence-electron chi connectivity index (χ0n) is 14.0. The maximum Gasteiger partial charge on any atom is 0.266 e. The summed E-state index contributed by atoms with van der Waals surface area (Å²) in [5, 5.41) is 13.5. The highest BCUT2D eigenvalue weighted by atomic mass is 35.5. The Morgan fingerprint density at radius 2 is 1.68 bits per heavy atom. The molecule has 3 aromatic rings. The van der Waals surface area contributed by atoms with Crippen LogP contribution < -0.4 is 5.32 Å². The lowest BCUT2D eigenvalue weighted by Crippen LogP contribution is -2.13. The number of hydrogen-bond donors (Lipinski definition) is 1. The summed E-state index contributed by atoms with van der Waals surface area (Å²) in [5.41, 5.74) is 0.946. The molecule has 3 rings (SSSR count). The van der Waals surface area contributed by atoms with E-state index in [0.29, 0.717) is 37.8 Å². The Labute approximate surface area is 180 Å². The van der Waals surface area contributed by atoms with Crippen LogP contribution in [0.15, 0.2) is 58.5 Å². The van der Waals surface area contributed by atoms with Gasteiger partial charge in [0.15, 0.2) is 0 Å². The van der Waals surface area contributed by atoms with Crippen LogP contribution in [0.4, 0.5) is 5.69 Å². The molecular weight excluding hydrogens is 442 g/mol. The van der Waals surface area contributed by atoms with E-state index in [1.165, 1.54) is 12.1 Å². The van der Waals surface area contributed by atoms with Gasteiger partial charge in [-0.15, -0.1) is 0 Å². The van der Waals surface area contributed by atoms with E-state index < -0.39 is 5.91 Å². The first kappa shape index (κ1) is 20.3. The van der Waals surface area contributed by atoms with Crippen molar-refractivity contribution in [2.45, 2.75) is 0 Å². The highest BCUT2D eigenvalue weighted by Gasteiger charge is 2.13.